The van der Waals surface area contributed by atoms with Gasteiger partial charge in [0.05, 0.1) is 0 Å². The minimum atomic E-state index is -6.85. The second-order valence-corrected chi connectivity index (χ2v) is 19.3. The van der Waals surface area contributed by atoms with Gasteiger partial charge in [-0.3, -0.25) is 0 Å². The van der Waals surface area contributed by atoms with Gasteiger partial charge in [0.25, 0.3) is 0 Å². The lowest BCUT2D eigenvalue weighted by molar-refractivity contribution is -0.0586. The van der Waals surface area contributed by atoms with Gasteiger partial charge in [-0.15, -0.1) is 49.0 Å². The van der Waals surface area contributed by atoms with Crippen LogP contribution in [0.2, 0.25) is 0 Å². The number of rotatable bonds is 8. The Bertz CT molecular complexity index is 2530. The molecule has 0 saturated carbocycles. The predicted octanol–water partition coefficient (Wildman–Crippen LogP) is 10.9. The van der Waals surface area contributed by atoms with Gasteiger partial charge in [-0.2, -0.15) is 64.8 Å². The fourth-order valence-electron chi connectivity index (χ4n) is 4.32. The summed E-state index contributed by atoms with van der Waals surface area (Å²) < 4.78 is 176. The standard InChI is InChI=1S/C16H11F3O3S3.C14H10O2S2.C2F6O5S2/c1-10-11(13-4-2-8-23-13)6-7-12(14-5-3-9-24-14)15(10)22-25(20,21)16(17,18)19;15-13-9(11-3-1-7-17-11)5-6-10(14(13)16)12-4-2-8-18-12;3-1(4,5)14(9,10)13-15(11,12)2(6,7)8/h2-9H,1H3;1-8,15-16H;. The highest BCUT2D eigenvalue weighted by atomic mass is 32.3. The number of halogens is 9. The third-order valence-corrected chi connectivity index (χ3v) is 14.1. The van der Waals surface area contributed by atoms with E-state index in [9.17, 15) is 75.0 Å². The Kier molecular flexibility index (Phi) is 14.1. The zero-order valence-electron chi connectivity index (χ0n) is 28.2. The zero-order chi connectivity index (χ0) is 43.5. The molecule has 0 bridgehead atoms. The Hall–Kier alpha value is -4.18. The van der Waals surface area contributed by atoms with Crippen LogP contribution in [-0.4, -0.2) is 52.0 Å². The molecule has 0 aliphatic heterocycles. The first-order chi connectivity index (χ1) is 26.7. The first-order valence-electron chi connectivity index (χ1n) is 14.9. The van der Waals surface area contributed by atoms with E-state index < -0.39 is 46.9 Å². The Balaban J connectivity index is 0.000000201. The van der Waals surface area contributed by atoms with Crippen molar-refractivity contribution in [1.82, 2.24) is 0 Å². The lowest BCUT2D eigenvalue weighted by atomic mass is 10.0. The monoisotopic (exact) mass is 960 g/mol. The minimum absolute atomic E-state index is 0.0525. The summed E-state index contributed by atoms with van der Waals surface area (Å²) in [6, 6.07) is 21.7. The second kappa shape index (κ2) is 17.6. The number of hydrogen-bond donors (Lipinski definition) is 2. The van der Waals surface area contributed by atoms with E-state index in [2.05, 4.69) is 4.18 Å². The van der Waals surface area contributed by atoms with E-state index in [-0.39, 0.29) is 17.2 Å². The van der Waals surface area contributed by atoms with E-state index in [1.807, 2.05) is 56.2 Å². The van der Waals surface area contributed by atoms with Gasteiger partial charge in [-0.05, 0) is 76.5 Å². The molecule has 0 radical (unpaired) electrons. The van der Waals surface area contributed by atoms with Crippen LogP contribution in [0.5, 0.6) is 17.2 Å². The molecule has 0 spiro atoms. The van der Waals surface area contributed by atoms with Crippen LogP contribution < -0.4 is 4.18 Å². The van der Waals surface area contributed by atoms with Gasteiger partial charge in [-0.25, -0.2) is 0 Å². The van der Waals surface area contributed by atoms with E-state index in [4.69, 9.17) is 0 Å². The van der Waals surface area contributed by atoms with Crippen molar-refractivity contribution in [2.75, 3.05) is 0 Å². The molecule has 4 heterocycles. The summed E-state index contributed by atoms with van der Waals surface area (Å²) in [5.74, 6) is -0.405. The zero-order valence-corrected chi connectivity index (χ0v) is 33.9. The first-order valence-corrected chi connectivity index (χ1v) is 22.6. The summed E-state index contributed by atoms with van der Waals surface area (Å²) in [4.78, 5) is 3.32. The number of thiophene rings is 4. The predicted molar refractivity (Wildman–Crippen MR) is 201 cm³/mol. The van der Waals surface area contributed by atoms with E-state index in [1.165, 1.54) is 45.3 Å². The van der Waals surface area contributed by atoms with Gasteiger partial charge in [0, 0.05) is 41.8 Å². The van der Waals surface area contributed by atoms with Crippen LogP contribution in [-0.2, 0) is 34.0 Å². The van der Waals surface area contributed by atoms with E-state index in [1.54, 1.807) is 48.7 Å². The molecule has 26 heteroatoms. The molecule has 2 aromatic carbocycles. The quantitative estimate of drug-likeness (QED) is 0.0650. The van der Waals surface area contributed by atoms with Crippen molar-refractivity contribution >= 4 is 75.7 Å². The molecular formula is C32H21F9O10S7. The molecule has 0 amide bonds. The molecule has 2 N–H and O–H groups in total. The molecule has 58 heavy (non-hydrogen) atoms. The number of phenolic OH excluding ortho intramolecular Hbond substituents is 2. The fraction of sp³-hybridized carbons (Fsp3) is 0.125. The Morgan fingerprint density at radius 2 is 0.759 bits per heavy atom. The van der Waals surface area contributed by atoms with Crippen LogP contribution in [0.3, 0.4) is 0 Å². The molecular weight excluding hydrogens is 940 g/mol. The van der Waals surface area contributed by atoms with Gasteiger partial charge in [0.2, 0.25) is 0 Å². The molecule has 0 unspecified atom stereocenters. The molecule has 4 aromatic heterocycles. The third-order valence-electron chi connectivity index (χ3n) is 6.93. The SMILES string of the molecule is Cc1c(-c2cccs2)ccc(-c2cccs2)c1OS(=O)(=O)C(F)(F)F.O=S(=O)(OS(=O)(=O)C(F)(F)F)C(F)(F)F.Oc1c(-c2cccs2)ccc(-c2cccs2)c1O. The average molecular weight is 961 g/mol. The first kappa shape index (κ1) is 46.5. The number of benzene rings is 2. The highest BCUT2D eigenvalue weighted by molar-refractivity contribution is 8.00. The van der Waals surface area contributed by atoms with Crippen LogP contribution in [0.4, 0.5) is 39.5 Å². The summed E-state index contributed by atoms with van der Waals surface area (Å²) in [7, 11) is -19.5. The molecule has 0 aliphatic rings. The van der Waals surface area contributed by atoms with E-state index in [0.29, 0.717) is 32.7 Å². The Morgan fingerprint density at radius 3 is 1.07 bits per heavy atom. The van der Waals surface area contributed by atoms with Crippen molar-refractivity contribution in [2.45, 2.75) is 23.4 Å². The summed E-state index contributed by atoms with van der Waals surface area (Å²) in [6.07, 6.45) is 0. The number of aromatic hydroxyl groups is 2. The van der Waals surface area contributed by atoms with Crippen molar-refractivity contribution in [2.24, 2.45) is 0 Å². The molecule has 0 atom stereocenters. The summed E-state index contributed by atoms with van der Waals surface area (Å²) >= 11 is 5.75. The third kappa shape index (κ3) is 10.7. The number of phenols is 2. The van der Waals surface area contributed by atoms with Crippen molar-refractivity contribution in [1.29, 1.82) is 0 Å². The van der Waals surface area contributed by atoms with E-state index in [0.717, 1.165) is 14.6 Å². The van der Waals surface area contributed by atoms with Gasteiger partial charge in [0.15, 0.2) is 17.2 Å². The number of hydrogen-bond acceptors (Lipinski definition) is 14. The van der Waals surface area contributed by atoms with Crippen LogP contribution in [0.1, 0.15) is 5.56 Å². The maximum atomic E-state index is 12.8. The normalized spacial score (nSPS) is 12.6. The average Bonchev–Trinajstić information content (AvgIpc) is 3.94. The van der Waals surface area contributed by atoms with Crippen molar-refractivity contribution < 1.29 is 82.8 Å². The molecule has 314 valence electrons. The van der Waals surface area contributed by atoms with Crippen LogP contribution in [0, 0.1) is 6.92 Å². The highest BCUT2D eigenvalue weighted by Crippen LogP contribution is 2.46. The molecule has 6 rings (SSSR count). The molecule has 0 saturated heterocycles. The molecule has 0 aliphatic carbocycles. The Morgan fingerprint density at radius 1 is 0.466 bits per heavy atom. The smallest absolute Gasteiger partial charge is 0.504 e. The molecule has 10 nitrogen and oxygen atoms in total. The lowest BCUT2D eigenvalue weighted by Crippen LogP contribution is -2.34. The summed E-state index contributed by atoms with van der Waals surface area (Å²) in [5, 5.41) is 27.7. The summed E-state index contributed by atoms with van der Waals surface area (Å²) in [5.41, 5.74) is -15.4. The van der Waals surface area contributed by atoms with E-state index >= 15 is 0 Å². The van der Waals surface area contributed by atoms with Crippen molar-refractivity contribution in [3.05, 3.63) is 99.9 Å². The largest absolute Gasteiger partial charge is 0.534 e. The Labute approximate surface area is 339 Å². The summed E-state index contributed by atoms with van der Waals surface area (Å²) in [6.45, 7) is 1.55. The van der Waals surface area contributed by atoms with Crippen molar-refractivity contribution in [3.8, 4) is 59.0 Å². The van der Waals surface area contributed by atoms with Crippen LogP contribution in [0.15, 0.2) is 94.3 Å². The van der Waals surface area contributed by atoms with Gasteiger partial charge < -0.3 is 14.4 Å². The maximum absolute atomic E-state index is 12.8. The lowest BCUT2D eigenvalue weighted by Gasteiger charge is -2.17. The van der Waals surface area contributed by atoms with Gasteiger partial charge >= 0.3 is 46.9 Å². The highest BCUT2D eigenvalue weighted by Gasteiger charge is 2.57. The van der Waals surface area contributed by atoms with Gasteiger partial charge in [0.1, 0.15) is 0 Å². The maximum Gasteiger partial charge on any atom is 0.534 e. The second-order valence-electron chi connectivity index (χ2n) is 10.7. The van der Waals surface area contributed by atoms with Crippen molar-refractivity contribution in [3.63, 3.8) is 0 Å². The van der Waals surface area contributed by atoms with Crippen LogP contribution >= 0.6 is 45.3 Å². The number of alkyl halides is 9. The van der Waals surface area contributed by atoms with Crippen LogP contribution in [0.25, 0.3) is 41.8 Å². The topological polar surface area (TPSA) is 161 Å². The molecule has 0 fully saturated rings. The van der Waals surface area contributed by atoms with Gasteiger partial charge in [-0.1, -0.05) is 30.3 Å². The molecule has 6 aromatic rings. The minimum Gasteiger partial charge on any atom is -0.504 e. The fourth-order valence-corrected chi connectivity index (χ4v) is 9.47.